The summed E-state index contributed by atoms with van der Waals surface area (Å²) in [6.07, 6.45) is 0.746. The van der Waals surface area contributed by atoms with Gasteiger partial charge >= 0.3 is 0 Å². The fourth-order valence-electron chi connectivity index (χ4n) is 1.89. The van der Waals surface area contributed by atoms with Crippen molar-refractivity contribution >= 4 is 5.78 Å². The number of benzene rings is 1. The molecule has 4 nitrogen and oxygen atoms in total. The third-order valence-corrected chi connectivity index (χ3v) is 2.89. The molecule has 0 bridgehead atoms. The van der Waals surface area contributed by atoms with E-state index in [0.717, 1.165) is 12.2 Å². The molecule has 4 heteroatoms. The van der Waals surface area contributed by atoms with Gasteiger partial charge in [0, 0.05) is 6.42 Å². The summed E-state index contributed by atoms with van der Waals surface area (Å²) in [4.78, 5) is 12.5. The monoisotopic (exact) mass is 260 g/mol. The molecule has 0 amide bonds. The summed E-state index contributed by atoms with van der Waals surface area (Å²) in [5.41, 5.74) is 0.379. The zero-order chi connectivity index (χ0) is 13.8. The molecule has 1 aromatic heterocycles. The number of ketones is 1. The quantitative estimate of drug-likeness (QED) is 0.775. The maximum atomic E-state index is 12.5. The Balaban J connectivity index is 2.48. The summed E-state index contributed by atoms with van der Waals surface area (Å²) in [6, 6.07) is 8.69. The van der Waals surface area contributed by atoms with Crippen LogP contribution in [0.2, 0.25) is 0 Å². The Morgan fingerprint density at radius 3 is 2.21 bits per heavy atom. The smallest absolute Gasteiger partial charge is 0.235 e. The molecule has 2 rings (SSSR count). The minimum Gasteiger partial charge on any atom is -0.496 e. The molecule has 100 valence electrons. The van der Waals surface area contributed by atoms with Crippen LogP contribution >= 0.6 is 0 Å². The molecule has 0 aliphatic heterocycles. The average Bonchev–Trinajstić information content (AvgIpc) is 2.94. The maximum Gasteiger partial charge on any atom is 0.235 e. The van der Waals surface area contributed by atoms with Gasteiger partial charge in [0.1, 0.15) is 22.8 Å². The van der Waals surface area contributed by atoms with Gasteiger partial charge in [0.2, 0.25) is 5.78 Å². The van der Waals surface area contributed by atoms with E-state index in [1.54, 1.807) is 30.3 Å². The highest BCUT2D eigenvalue weighted by Crippen LogP contribution is 2.31. The van der Waals surface area contributed by atoms with E-state index in [2.05, 4.69) is 0 Å². The summed E-state index contributed by atoms with van der Waals surface area (Å²) in [5.74, 6) is 1.77. The molecule has 1 aromatic carbocycles. The van der Waals surface area contributed by atoms with Crippen molar-refractivity contribution in [2.45, 2.75) is 13.3 Å². The van der Waals surface area contributed by atoms with Crippen LogP contribution in [0.15, 0.2) is 34.7 Å². The Bertz CT molecular complexity index is 561. The third kappa shape index (κ3) is 2.47. The van der Waals surface area contributed by atoms with Gasteiger partial charge in [-0.3, -0.25) is 4.79 Å². The number of aryl methyl sites for hydroxylation is 1. The van der Waals surface area contributed by atoms with Gasteiger partial charge < -0.3 is 13.9 Å². The summed E-state index contributed by atoms with van der Waals surface area (Å²) in [7, 11) is 3.04. The van der Waals surface area contributed by atoms with Gasteiger partial charge in [-0.25, -0.2) is 0 Å². The average molecular weight is 260 g/mol. The molecule has 0 saturated heterocycles. The van der Waals surface area contributed by atoms with Gasteiger partial charge in [-0.1, -0.05) is 13.0 Å². The minimum absolute atomic E-state index is 0.242. The number of ether oxygens (including phenoxy) is 2. The Hall–Kier alpha value is -2.23. The van der Waals surface area contributed by atoms with Crippen LogP contribution in [0, 0.1) is 0 Å². The minimum atomic E-state index is -0.242. The summed E-state index contributed by atoms with van der Waals surface area (Å²) >= 11 is 0. The Morgan fingerprint density at radius 2 is 1.74 bits per heavy atom. The van der Waals surface area contributed by atoms with Crippen LogP contribution in [0.4, 0.5) is 0 Å². The van der Waals surface area contributed by atoms with E-state index in [9.17, 15) is 4.79 Å². The van der Waals surface area contributed by atoms with Gasteiger partial charge in [-0.05, 0) is 24.3 Å². The van der Waals surface area contributed by atoms with Gasteiger partial charge in [0.05, 0.1) is 14.2 Å². The molecule has 2 aromatic rings. The molecule has 0 fully saturated rings. The van der Waals surface area contributed by atoms with Crippen LogP contribution in [0.1, 0.15) is 28.8 Å². The molecule has 0 atom stereocenters. The summed E-state index contributed by atoms with van der Waals surface area (Å²) < 4.78 is 15.9. The summed E-state index contributed by atoms with van der Waals surface area (Å²) in [6.45, 7) is 1.97. The number of carbonyl (C=O) groups excluding carboxylic acids is 1. The van der Waals surface area contributed by atoms with Crippen LogP contribution in [0.3, 0.4) is 0 Å². The lowest BCUT2D eigenvalue weighted by molar-refractivity contribution is 0.100. The largest absolute Gasteiger partial charge is 0.496 e. The molecule has 19 heavy (non-hydrogen) atoms. The van der Waals surface area contributed by atoms with Crippen LogP contribution in [-0.4, -0.2) is 20.0 Å². The van der Waals surface area contributed by atoms with Gasteiger partial charge in [-0.2, -0.15) is 0 Å². The number of carbonyl (C=O) groups is 1. The molecule has 0 saturated carbocycles. The van der Waals surface area contributed by atoms with Crippen LogP contribution in [0.25, 0.3) is 0 Å². The fourth-order valence-corrected chi connectivity index (χ4v) is 1.89. The van der Waals surface area contributed by atoms with Crippen molar-refractivity contribution in [1.82, 2.24) is 0 Å². The second-order valence-corrected chi connectivity index (χ2v) is 3.99. The van der Waals surface area contributed by atoms with Crippen molar-refractivity contribution in [3.05, 3.63) is 47.4 Å². The molecule has 1 heterocycles. The third-order valence-electron chi connectivity index (χ3n) is 2.89. The van der Waals surface area contributed by atoms with E-state index in [4.69, 9.17) is 13.9 Å². The second-order valence-electron chi connectivity index (χ2n) is 3.99. The highest BCUT2D eigenvalue weighted by molar-refractivity contribution is 6.10. The standard InChI is InChI=1S/C15H16O4/c1-4-10-8-9-13(19-10)15(16)14-11(17-2)6-5-7-12(14)18-3/h5-9H,4H2,1-3H3. The van der Waals surface area contributed by atoms with Crippen molar-refractivity contribution in [2.24, 2.45) is 0 Å². The number of hydrogen-bond donors (Lipinski definition) is 0. The molecule has 0 aliphatic carbocycles. The van der Waals surface area contributed by atoms with E-state index in [0.29, 0.717) is 22.8 Å². The van der Waals surface area contributed by atoms with Crippen molar-refractivity contribution in [1.29, 1.82) is 0 Å². The first-order valence-corrected chi connectivity index (χ1v) is 6.05. The lowest BCUT2D eigenvalue weighted by Gasteiger charge is -2.10. The lowest BCUT2D eigenvalue weighted by atomic mass is 10.1. The van der Waals surface area contributed by atoms with E-state index in [1.165, 1.54) is 14.2 Å². The van der Waals surface area contributed by atoms with Gasteiger partial charge in [0.25, 0.3) is 0 Å². The number of methoxy groups -OCH3 is 2. The van der Waals surface area contributed by atoms with Crippen molar-refractivity contribution < 1.29 is 18.7 Å². The first-order chi connectivity index (χ1) is 9.21. The van der Waals surface area contributed by atoms with Crippen molar-refractivity contribution in [2.75, 3.05) is 14.2 Å². The fraction of sp³-hybridized carbons (Fsp3) is 0.267. The number of rotatable bonds is 5. The van der Waals surface area contributed by atoms with Crippen LogP contribution in [-0.2, 0) is 6.42 Å². The predicted molar refractivity (Wildman–Crippen MR) is 71.1 cm³/mol. The molecule has 0 unspecified atom stereocenters. The van der Waals surface area contributed by atoms with Crippen molar-refractivity contribution in [3.63, 3.8) is 0 Å². The zero-order valence-corrected chi connectivity index (χ0v) is 11.2. The normalized spacial score (nSPS) is 10.3. The van der Waals surface area contributed by atoms with E-state index in [-0.39, 0.29) is 5.78 Å². The molecule has 0 radical (unpaired) electrons. The van der Waals surface area contributed by atoms with Gasteiger partial charge in [-0.15, -0.1) is 0 Å². The lowest BCUT2D eigenvalue weighted by Crippen LogP contribution is -2.05. The molecule has 0 N–H and O–H groups in total. The Morgan fingerprint density at radius 1 is 1.11 bits per heavy atom. The molecular formula is C15H16O4. The van der Waals surface area contributed by atoms with E-state index < -0.39 is 0 Å². The Kier molecular flexibility index (Phi) is 3.90. The van der Waals surface area contributed by atoms with Crippen LogP contribution in [0.5, 0.6) is 11.5 Å². The molecular weight excluding hydrogens is 244 g/mol. The highest BCUT2D eigenvalue weighted by Gasteiger charge is 2.22. The van der Waals surface area contributed by atoms with Crippen molar-refractivity contribution in [3.8, 4) is 11.5 Å². The number of hydrogen-bond acceptors (Lipinski definition) is 4. The number of furan rings is 1. The van der Waals surface area contributed by atoms with E-state index >= 15 is 0 Å². The Labute approximate surface area is 111 Å². The maximum absolute atomic E-state index is 12.5. The predicted octanol–water partition coefficient (Wildman–Crippen LogP) is 3.09. The topological polar surface area (TPSA) is 48.7 Å². The molecule has 0 spiro atoms. The van der Waals surface area contributed by atoms with Crippen LogP contribution < -0.4 is 9.47 Å². The van der Waals surface area contributed by atoms with E-state index in [1.807, 2.05) is 6.92 Å². The second kappa shape index (κ2) is 5.61. The SMILES string of the molecule is CCc1ccc(C(=O)c2c(OC)cccc2OC)o1. The van der Waals surface area contributed by atoms with Gasteiger partial charge in [0.15, 0.2) is 5.76 Å². The zero-order valence-electron chi connectivity index (χ0n) is 11.2. The molecule has 0 aliphatic rings. The first-order valence-electron chi connectivity index (χ1n) is 6.05. The highest BCUT2D eigenvalue weighted by atomic mass is 16.5. The first kappa shape index (κ1) is 13.2. The summed E-state index contributed by atoms with van der Waals surface area (Å²) in [5, 5.41) is 0.